The van der Waals surface area contributed by atoms with Crippen molar-refractivity contribution in [1.29, 1.82) is 0 Å². The van der Waals surface area contributed by atoms with Gasteiger partial charge < -0.3 is 11.1 Å². The summed E-state index contributed by atoms with van der Waals surface area (Å²) in [4.78, 5) is 11.4. The summed E-state index contributed by atoms with van der Waals surface area (Å²) in [5.74, 6) is 1.13. The molecule has 0 bridgehead atoms. The monoisotopic (exact) mass is 250 g/mol. The molecule has 1 aromatic heterocycles. The highest BCUT2D eigenvalue weighted by Gasteiger charge is 2.16. The number of aromatic amines is 1. The minimum atomic E-state index is -0.511. The third kappa shape index (κ3) is 3.57. The second-order valence-electron chi connectivity index (χ2n) is 5.26. The standard InChI is InChI=1S/C13H22N4O/c1-9(14)13(18)15-12-8-11(16-17-12)7-10-5-3-2-4-6-10/h8-10H,2-7,14H2,1H3,(H2,15,16,17,18). The van der Waals surface area contributed by atoms with E-state index in [4.69, 9.17) is 5.73 Å². The molecule has 5 nitrogen and oxygen atoms in total. The predicted octanol–water partition coefficient (Wildman–Crippen LogP) is 1.82. The number of anilines is 1. The Balaban J connectivity index is 1.87. The van der Waals surface area contributed by atoms with Crippen LogP contribution in [0.1, 0.15) is 44.7 Å². The molecule has 1 fully saturated rings. The van der Waals surface area contributed by atoms with Gasteiger partial charge >= 0.3 is 0 Å². The van der Waals surface area contributed by atoms with Crippen molar-refractivity contribution in [2.24, 2.45) is 11.7 Å². The molecule has 1 aromatic rings. The number of amides is 1. The van der Waals surface area contributed by atoms with Crippen LogP contribution in [0.5, 0.6) is 0 Å². The fraction of sp³-hybridized carbons (Fsp3) is 0.692. The lowest BCUT2D eigenvalue weighted by molar-refractivity contribution is -0.117. The van der Waals surface area contributed by atoms with Gasteiger partial charge in [-0.25, -0.2) is 0 Å². The van der Waals surface area contributed by atoms with Crippen molar-refractivity contribution < 1.29 is 4.79 Å². The van der Waals surface area contributed by atoms with Crippen LogP contribution in [0.15, 0.2) is 6.07 Å². The van der Waals surface area contributed by atoms with Crippen molar-refractivity contribution in [3.05, 3.63) is 11.8 Å². The SMILES string of the molecule is CC(N)C(=O)Nc1cc(CC2CCCCC2)[nH]n1. The molecule has 18 heavy (non-hydrogen) atoms. The van der Waals surface area contributed by atoms with Crippen LogP contribution < -0.4 is 11.1 Å². The van der Waals surface area contributed by atoms with Gasteiger partial charge in [0.1, 0.15) is 0 Å². The fourth-order valence-corrected chi connectivity index (χ4v) is 2.47. The van der Waals surface area contributed by atoms with E-state index in [1.807, 2.05) is 6.07 Å². The molecule has 0 aliphatic heterocycles. The normalized spacial score (nSPS) is 18.6. The van der Waals surface area contributed by atoms with Crippen LogP contribution in [0.25, 0.3) is 0 Å². The molecule has 4 N–H and O–H groups in total. The molecule has 0 radical (unpaired) electrons. The number of carbonyl (C=O) groups excluding carboxylic acids is 1. The number of hydrogen-bond donors (Lipinski definition) is 3. The molecule has 1 aliphatic rings. The zero-order valence-corrected chi connectivity index (χ0v) is 10.9. The Morgan fingerprint density at radius 1 is 1.56 bits per heavy atom. The molecular weight excluding hydrogens is 228 g/mol. The molecule has 0 aromatic carbocycles. The zero-order chi connectivity index (χ0) is 13.0. The molecule has 5 heteroatoms. The maximum Gasteiger partial charge on any atom is 0.242 e. The Hall–Kier alpha value is -1.36. The van der Waals surface area contributed by atoms with E-state index in [2.05, 4.69) is 15.5 Å². The van der Waals surface area contributed by atoms with Gasteiger partial charge in [0, 0.05) is 11.8 Å². The maximum absolute atomic E-state index is 11.4. The van der Waals surface area contributed by atoms with E-state index in [0.717, 1.165) is 18.0 Å². The Labute approximate surface area is 108 Å². The fourth-order valence-electron chi connectivity index (χ4n) is 2.47. The van der Waals surface area contributed by atoms with E-state index in [0.29, 0.717) is 5.82 Å². The molecule has 1 unspecified atom stereocenters. The molecule has 1 amide bonds. The summed E-state index contributed by atoms with van der Waals surface area (Å²) in [5, 5.41) is 9.78. The van der Waals surface area contributed by atoms with Crippen molar-refractivity contribution in [3.8, 4) is 0 Å². The maximum atomic E-state index is 11.4. The Bertz CT molecular complexity index is 393. The van der Waals surface area contributed by atoms with Crippen LogP contribution in [0.3, 0.4) is 0 Å². The van der Waals surface area contributed by atoms with Crippen molar-refractivity contribution in [3.63, 3.8) is 0 Å². The Morgan fingerprint density at radius 2 is 2.28 bits per heavy atom. The Morgan fingerprint density at radius 3 is 2.94 bits per heavy atom. The lowest BCUT2D eigenvalue weighted by atomic mass is 9.86. The minimum Gasteiger partial charge on any atom is -0.320 e. The first-order chi connectivity index (χ1) is 8.65. The predicted molar refractivity (Wildman–Crippen MR) is 71.1 cm³/mol. The number of nitrogens with one attached hydrogen (secondary N) is 2. The molecule has 1 saturated carbocycles. The highest BCUT2D eigenvalue weighted by Crippen LogP contribution is 2.26. The summed E-state index contributed by atoms with van der Waals surface area (Å²) >= 11 is 0. The molecular formula is C13H22N4O. The molecule has 1 atom stereocenters. The van der Waals surface area contributed by atoms with Gasteiger partial charge in [0.2, 0.25) is 5.91 Å². The number of rotatable bonds is 4. The molecule has 1 heterocycles. The second-order valence-corrected chi connectivity index (χ2v) is 5.26. The van der Waals surface area contributed by atoms with E-state index in [1.165, 1.54) is 32.1 Å². The van der Waals surface area contributed by atoms with Crippen molar-refractivity contribution in [2.75, 3.05) is 5.32 Å². The van der Waals surface area contributed by atoms with Crippen LogP contribution in [0.2, 0.25) is 0 Å². The highest BCUT2D eigenvalue weighted by atomic mass is 16.2. The molecule has 100 valence electrons. The van der Waals surface area contributed by atoms with E-state index >= 15 is 0 Å². The summed E-state index contributed by atoms with van der Waals surface area (Å²) in [6.07, 6.45) is 7.69. The number of hydrogen-bond acceptors (Lipinski definition) is 3. The molecule has 2 rings (SSSR count). The van der Waals surface area contributed by atoms with E-state index < -0.39 is 6.04 Å². The first-order valence-corrected chi connectivity index (χ1v) is 6.76. The minimum absolute atomic E-state index is 0.203. The van der Waals surface area contributed by atoms with Crippen molar-refractivity contribution >= 4 is 11.7 Å². The lowest BCUT2D eigenvalue weighted by Gasteiger charge is -2.20. The van der Waals surface area contributed by atoms with E-state index in [1.54, 1.807) is 6.92 Å². The Kier molecular flexibility index (Phi) is 4.36. The zero-order valence-electron chi connectivity index (χ0n) is 10.9. The second kappa shape index (κ2) is 6.00. The highest BCUT2D eigenvalue weighted by molar-refractivity contribution is 5.93. The number of H-pyrrole nitrogens is 1. The van der Waals surface area contributed by atoms with Crippen LogP contribution in [-0.4, -0.2) is 22.1 Å². The largest absolute Gasteiger partial charge is 0.320 e. The van der Waals surface area contributed by atoms with Gasteiger partial charge in [0.25, 0.3) is 0 Å². The summed E-state index contributed by atoms with van der Waals surface area (Å²) in [6, 6.07) is 1.40. The average molecular weight is 250 g/mol. The van der Waals surface area contributed by atoms with Crippen LogP contribution in [-0.2, 0) is 11.2 Å². The van der Waals surface area contributed by atoms with Crippen molar-refractivity contribution in [2.45, 2.75) is 51.5 Å². The summed E-state index contributed by atoms with van der Waals surface area (Å²) < 4.78 is 0. The van der Waals surface area contributed by atoms with Gasteiger partial charge in [-0.15, -0.1) is 0 Å². The van der Waals surface area contributed by atoms with Gasteiger partial charge in [-0.3, -0.25) is 9.89 Å². The molecule has 0 spiro atoms. The van der Waals surface area contributed by atoms with E-state index in [-0.39, 0.29) is 5.91 Å². The molecule has 0 saturated heterocycles. The first-order valence-electron chi connectivity index (χ1n) is 6.76. The molecule has 1 aliphatic carbocycles. The summed E-state index contributed by atoms with van der Waals surface area (Å²) in [5.41, 5.74) is 6.59. The summed E-state index contributed by atoms with van der Waals surface area (Å²) in [7, 11) is 0. The van der Waals surface area contributed by atoms with Gasteiger partial charge in [-0.1, -0.05) is 32.1 Å². The lowest BCUT2D eigenvalue weighted by Crippen LogP contribution is -2.32. The van der Waals surface area contributed by atoms with Gasteiger partial charge in [-0.2, -0.15) is 5.10 Å². The van der Waals surface area contributed by atoms with Crippen LogP contribution in [0.4, 0.5) is 5.82 Å². The van der Waals surface area contributed by atoms with Crippen LogP contribution >= 0.6 is 0 Å². The van der Waals surface area contributed by atoms with E-state index in [9.17, 15) is 4.79 Å². The summed E-state index contributed by atoms with van der Waals surface area (Å²) in [6.45, 7) is 1.66. The quantitative estimate of drug-likeness (QED) is 0.762. The average Bonchev–Trinajstić information content (AvgIpc) is 2.77. The topological polar surface area (TPSA) is 83.8 Å². The number of carbonyl (C=O) groups is 1. The van der Waals surface area contributed by atoms with Crippen LogP contribution in [0, 0.1) is 5.92 Å². The number of aromatic nitrogens is 2. The smallest absolute Gasteiger partial charge is 0.242 e. The third-order valence-electron chi connectivity index (χ3n) is 3.53. The van der Waals surface area contributed by atoms with Gasteiger partial charge in [0.05, 0.1) is 6.04 Å². The third-order valence-corrected chi connectivity index (χ3v) is 3.53. The number of nitrogens with two attached hydrogens (primary N) is 1. The first kappa shape index (κ1) is 13.1. The van der Waals surface area contributed by atoms with Gasteiger partial charge in [-0.05, 0) is 19.3 Å². The number of nitrogens with zero attached hydrogens (tertiary/aromatic N) is 1. The van der Waals surface area contributed by atoms with Gasteiger partial charge in [0.15, 0.2) is 5.82 Å². The van der Waals surface area contributed by atoms with Crippen molar-refractivity contribution in [1.82, 2.24) is 10.2 Å².